The first-order chi connectivity index (χ1) is 12.6. The van der Waals surface area contributed by atoms with Crippen LogP contribution in [0.4, 0.5) is 18.9 Å². The highest BCUT2D eigenvalue weighted by Crippen LogP contribution is 2.18. The van der Waals surface area contributed by atoms with Crippen LogP contribution >= 0.6 is 0 Å². The molecule has 0 saturated heterocycles. The van der Waals surface area contributed by atoms with E-state index < -0.39 is 30.6 Å². The molecule has 1 unspecified atom stereocenters. The van der Waals surface area contributed by atoms with Gasteiger partial charge in [-0.2, -0.15) is 13.2 Å². The number of ether oxygens (including phenoxy) is 1. The number of alkyl halides is 3. The number of carbonyl (C=O) groups excluding carboxylic acids is 1. The minimum absolute atomic E-state index is 0.151. The van der Waals surface area contributed by atoms with E-state index in [1.165, 1.54) is 12.1 Å². The number of aliphatic carboxylic acids is 1. The molecule has 0 radical (unpaired) electrons. The van der Waals surface area contributed by atoms with Crippen molar-refractivity contribution in [2.24, 2.45) is 5.92 Å². The Morgan fingerprint density at radius 1 is 1.19 bits per heavy atom. The molecule has 1 heterocycles. The van der Waals surface area contributed by atoms with Gasteiger partial charge in [0.2, 0.25) is 5.88 Å². The lowest BCUT2D eigenvalue weighted by Crippen LogP contribution is -2.19. The molecule has 9 heteroatoms. The summed E-state index contributed by atoms with van der Waals surface area (Å²) in [5, 5.41) is 11.5. The van der Waals surface area contributed by atoms with Gasteiger partial charge in [-0.15, -0.1) is 0 Å². The number of hydrogen-bond acceptors (Lipinski definition) is 4. The monoisotopic (exact) mass is 382 g/mol. The van der Waals surface area contributed by atoms with Gasteiger partial charge in [-0.3, -0.25) is 9.59 Å². The van der Waals surface area contributed by atoms with E-state index in [4.69, 9.17) is 5.11 Å². The van der Waals surface area contributed by atoms with Crippen LogP contribution in [0, 0.1) is 5.92 Å². The number of aromatic nitrogens is 1. The van der Waals surface area contributed by atoms with Crippen LogP contribution in [0.2, 0.25) is 0 Å². The van der Waals surface area contributed by atoms with Crippen molar-refractivity contribution in [1.82, 2.24) is 4.98 Å². The molecule has 144 valence electrons. The zero-order chi connectivity index (χ0) is 20.0. The first-order valence-electron chi connectivity index (χ1n) is 7.93. The molecule has 2 aromatic rings. The Hall–Kier alpha value is -3.10. The summed E-state index contributed by atoms with van der Waals surface area (Å²) in [6.07, 6.45) is -2.98. The predicted octanol–water partition coefficient (Wildman–Crippen LogP) is 3.54. The molecule has 27 heavy (non-hydrogen) atoms. The lowest BCUT2D eigenvalue weighted by molar-refractivity contribution is -0.154. The van der Waals surface area contributed by atoms with Gasteiger partial charge < -0.3 is 15.2 Å². The summed E-state index contributed by atoms with van der Waals surface area (Å²) in [5.74, 6) is -2.13. The molecule has 0 aliphatic carbocycles. The molecule has 6 nitrogen and oxygen atoms in total. The molecule has 0 spiro atoms. The predicted molar refractivity (Wildman–Crippen MR) is 90.7 cm³/mol. The number of nitrogens with one attached hydrogen (secondary N) is 1. The number of nitrogens with zero attached hydrogens (tertiary/aromatic N) is 1. The average molecular weight is 382 g/mol. The van der Waals surface area contributed by atoms with Crippen molar-refractivity contribution in [2.45, 2.75) is 19.5 Å². The fourth-order valence-electron chi connectivity index (χ4n) is 2.12. The number of rotatable bonds is 7. The minimum Gasteiger partial charge on any atom is -0.481 e. The average Bonchev–Trinajstić information content (AvgIpc) is 2.61. The van der Waals surface area contributed by atoms with Gasteiger partial charge in [-0.25, -0.2) is 4.98 Å². The fourth-order valence-corrected chi connectivity index (χ4v) is 2.12. The molecule has 0 fully saturated rings. The third kappa shape index (κ3) is 6.61. The maximum atomic E-state index is 12.1. The largest absolute Gasteiger partial charge is 0.481 e. The van der Waals surface area contributed by atoms with Gasteiger partial charge in [-0.1, -0.05) is 19.1 Å². The van der Waals surface area contributed by atoms with Crippen LogP contribution < -0.4 is 10.1 Å². The van der Waals surface area contributed by atoms with Crippen LogP contribution in [0.3, 0.4) is 0 Å². The van der Waals surface area contributed by atoms with Crippen molar-refractivity contribution in [3.05, 3.63) is 53.7 Å². The quantitative estimate of drug-likeness (QED) is 0.765. The summed E-state index contributed by atoms with van der Waals surface area (Å²) in [7, 11) is 0. The van der Waals surface area contributed by atoms with E-state index in [1.54, 1.807) is 31.2 Å². The normalized spacial score (nSPS) is 12.3. The maximum absolute atomic E-state index is 12.1. The number of carbonyl (C=O) groups is 2. The number of benzene rings is 1. The van der Waals surface area contributed by atoms with Crippen molar-refractivity contribution in [3.63, 3.8) is 0 Å². The van der Waals surface area contributed by atoms with Crippen LogP contribution in [0.1, 0.15) is 22.8 Å². The van der Waals surface area contributed by atoms with Crippen LogP contribution in [0.5, 0.6) is 5.88 Å². The van der Waals surface area contributed by atoms with Crippen molar-refractivity contribution in [3.8, 4) is 5.88 Å². The van der Waals surface area contributed by atoms with Gasteiger partial charge >= 0.3 is 12.1 Å². The van der Waals surface area contributed by atoms with Crippen molar-refractivity contribution < 1.29 is 32.6 Å². The Kier molecular flexibility index (Phi) is 6.38. The Morgan fingerprint density at radius 2 is 1.85 bits per heavy atom. The highest BCUT2D eigenvalue weighted by Gasteiger charge is 2.28. The van der Waals surface area contributed by atoms with Gasteiger partial charge in [0.25, 0.3) is 5.91 Å². The van der Waals surface area contributed by atoms with Crippen LogP contribution in [0.25, 0.3) is 0 Å². The van der Waals surface area contributed by atoms with Gasteiger partial charge in [0.15, 0.2) is 6.61 Å². The SMILES string of the molecule is CC(Cc1ccc(NC(=O)c2ccc(OCC(F)(F)F)nc2)cc1)C(=O)O. The molecule has 2 N–H and O–H groups in total. The van der Waals surface area contributed by atoms with E-state index in [0.29, 0.717) is 12.1 Å². The van der Waals surface area contributed by atoms with Gasteiger partial charge in [0, 0.05) is 18.0 Å². The van der Waals surface area contributed by atoms with Crippen LogP contribution in [-0.4, -0.2) is 34.8 Å². The van der Waals surface area contributed by atoms with Gasteiger partial charge in [0.05, 0.1) is 11.5 Å². The third-order valence-corrected chi connectivity index (χ3v) is 3.56. The molecular weight excluding hydrogens is 365 g/mol. The fraction of sp³-hybridized carbons (Fsp3) is 0.278. The number of pyridine rings is 1. The number of hydrogen-bond donors (Lipinski definition) is 2. The standard InChI is InChI=1S/C18H17F3N2O4/c1-11(17(25)26)8-12-2-5-14(6-3-12)23-16(24)13-4-7-15(22-9-13)27-10-18(19,20)21/h2-7,9,11H,8,10H2,1H3,(H,23,24)(H,25,26). The number of carboxylic acid groups (broad SMARTS) is 1. The lowest BCUT2D eigenvalue weighted by Gasteiger charge is -2.10. The summed E-state index contributed by atoms with van der Waals surface area (Å²) in [6, 6.07) is 9.17. The molecular formula is C18H17F3N2O4. The van der Waals surface area contributed by atoms with Gasteiger partial charge in [0.1, 0.15) is 0 Å². The highest BCUT2D eigenvalue weighted by molar-refractivity contribution is 6.04. The number of amides is 1. The molecule has 0 aliphatic rings. The Morgan fingerprint density at radius 3 is 2.37 bits per heavy atom. The minimum atomic E-state index is -4.47. The van der Waals surface area contributed by atoms with Crippen LogP contribution in [0.15, 0.2) is 42.6 Å². The van der Waals surface area contributed by atoms with Crippen molar-refractivity contribution in [2.75, 3.05) is 11.9 Å². The molecule has 1 aromatic carbocycles. The topological polar surface area (TPSA) is 88.5 Å². The Bertz CT molecular complexity index is 790. The zero-order valence-electron chi connectivity index (χ0n) is 14.3. The van der Waals surface area contributed by atoms with Gasteiger partial charge in [-0.05, 0) is 30.2 Å². The van der Waals surface area contributed by atoms with Crippen molar-refractivity contribution in [1.29, 1.82) is 0 Å². The molecule has 1 atom stereocenters. The Balaban J connectivity index is 1.93. The molecule has 0 saturated carbocycles. The highest BCUT2D eigenvalue weighted by atomic mass is 19.4. The van der Waals surface area contributed by atoms with E-state index >= 15 is 0 Å². The van der Waals surface area contributed by atoms with E-state index in [-0.39, 0.29) is 11.4 Å². The number of halogens is 3. The summed E-state index contributed by atoms with van der Waals surface area (Å²) in [4.78, 5) is 26.7. The molecule has 1 aromatic heterocycles. The maximum Gasteiger partial charge on any atom is 0.422 e. The number of carboxylic acids is 1. The van der Waals surface area contributed by atoms with Crippen molar-refractivity contribution >= 4 is 17.6 Å². The summed E-state index contributed by atoms with van der Waals surface area (Å²) in [5.41, 5.74) is 1.46. The second kappa shape index (κ2) is 8.52. The van der Waals surface area contributed by atoms with E-state index in [2.05, 4.69) is 15.0 Å². The first-order valence-corrected chi connectivity index (χ1v) is 7.93. The summed E-state index contributed by atoms with van der Waals surface area (Å²) < 4.78 is 40.7. The van der Waals surface area contributed by atoms with E-state index in [1.807, 2.05) is 0 Å². The van der Waals surface area contributed by atoms with Crippen LogP contribution in [-0.2, 0) is 11.2 Å². The second-order valence-electron chi connectivity index (χ2n) is 5.88. The Labute approximate surface area is 153 Å². The molecule has 2 rings (SSSR count). The molecule has 0 bridgehead atoms. The third-order valence-electron chi connectivity index (χ3n) is 3.56. The van der Waals surface area contributed by atoms with E-state index in [0.717, 1.165) is 11.8 Å². The molecule has 1 amide bonds. The second-order valence-corrected chi connectivity index (χ2v) is 5.88. The first kappa shape index (κ1) is 20.2. The summed E-state index contributed by atoms with van der Waals surface area (Å²) in [6.45, 7) is 0.144. The lowest BCUT2D eigenvalue weighted by atomic mass is 10.0. The summed E-state index contributed by atoms with van der Waals surface area (Å²) >= 11 is 0. The number of anilines is 1. The smallest absolute Gasteiger partial charge is 0.422 e. The zero-order valence-corrected chi connectivity index (χ0v) is 14.3. The molecule has 0 aliphatic heterocycles. The van der Waals surface area contributed by atoms with E-state index in [9.17, 15) is 22.8 Å².